The van der Waals surface area contributed by atoms with E-state index >= 15 is 0 Å². The van der Waals surface area contributed by atoms with Crippen molar-refractivity contribution in [1.29, 1.82) is 0 Å². The molecule has 1 unspecified atom stereocenters. The zero-order chi connectivity index (χ0) is 14.1. The van der Waals surface area contributed by atoms with Crippen molar-refractivity contribution in [3.05, 3.63) is 11.6 Å². The Morgan fingerprint density at radius 2 is 1.95 bits per heavy atom. The SMILES string of the molecule is C1CCN(Cc2nnc3n2CCN(C2CCOC2)C3)CC1. The molecule has 4 rings (SSSR count). The Morgan fingerprint density at radius 1 is 1.05 bits per heavy atom. The van der Waals surface area contributed by atoms with Crippen LogP contribution >= 0.6 is 0 Å². The molecule has 116 valence electrons. The lowest BCUT2D eigenvalue weighted by atomic mass is 10.1. The van der Waals surface area contributed by atoms with Crippen LogP contribution in [0.2, 0.25) is 0 Å². The normalized spacial score (nSPS) is 27.9. The molecule has 3 aliphatic rings. The van der Waals surface area contributed by atoms with E-state index in [0.29, 0.717) is 6.04 Å². The lowest BCUT2D eigenvalue weighted by Crippen LogP contribution is -2.42. The molecule has 1 aromatic heterocycles. The van der Waals surface area contributed by atoms with Gasteiger partial charge in [-0.1, -0.05) is 6.42 Å². The van der Waals surface area contributed by atoms with Gasteiger partial charge in [0.15, 0.2) is 0 Å². The molecule has 0 bridgehead atoms. The van der Waals surface area contributed by atoms with Crippen LogP contribution in [0.25, 0.3) is 0 Å². The van der Waals surface area contributed by atoms with Crippen LogP contribution in [-0.2, 0) is 24.4 Å². The molecule has 0 aliphatic carbocycles. The van der Waals surface area contributed by atoms with Crippen molar-refractivity contribution in [2.75, 3.05) is 32.8 Å². The number of hydrogen-bond donors (Lipinski definition) is 0. The maximum atomic E-state index is 5.51. The molecule has 3 aliphatic heterocycles. The van der Waals surface area contributed by atoms with Crippen molar-refractivity contribution in [1.82, 2.24) is 24.6 Å². The van der Waals surface area contributed by atoms with E-state index in [1.54, 1.807) is 0 Å². The first kappa shape index (κ1) is 13.7. The zero-order valence-electron chi connectivity index (χ0n) is 12.7. The van der Waals surface area contributed by atoms with Gasteiger partial charge >= 0.3 is 0 Å². The highest BCUT2D eigenvalue weighted by atomic mass is 16.5. The summed E-state index contributed by atoms with van der Waals surface area (Å²) < 4.78 is 7.86. The Kier molecular flexibility index (Phi) is 3.92. The van der Waals surface area contributed by atoms with Gasteiger partial charge in [0, 0.05) is 25.7 Å². The highest BCUT2D eigenvalue weighted by Gasteiger charge is 2.29. The third-order valence-corrected chi connectivity index (χ3v) is 5.10. The molecule has 2 saturated heterocycles. The average molecular weight is 291 g/mol. The van der Waals surface area contributed by atoms with E-state index in [2.05, 4.69) is 24.6 Å². The van der Waals surface area contributed by atoms with E-state index in [4.69, 9.17) is 4.74 Å². The number of aromatic nitrogens is 3. The Balaban J connectivity index is 1.42. The van der Waals surface area contributed by atoms with Gasteiger partial charge in [-0.25, -0.2) is 0 Å². The van der Waals surface area contributed by atoms with Crippen molar-refractivity contribution in [3.63, 3.8) is 0 Å². The molecule has 0 spiro atoms. The lowest BCUT2D eigenvalue weighted by molar-refractivity contribution is 0.119. The summed E-state index contributed by atoms with van der Waals surface area (Å²) >= 11 is 0. The van der Waals surface area contributed by atoms with Crippen LogP contribution in [0.15, 0.2) is 0 Å². The lowest BCUT2D eigenvalue weighted by Gasteiger charge is -2.32. The smallest absolute Gasteiger partial charge is 0.147 e. The molecule has 21 heavy (non-hydrogen) atoms. The fourth-order valence-corrected chi connectivity index (χ4v) is 3.79. The molecule has 0 saturated carbocycles. The topological polar surface area (TPSA) is 46.4 Å². The van der Waals surface area contributed by atoms with Crippen LogP contribution in [0, 0.1) is 0 Å². The quantitative estimate of drug-likeness (QED) is 0.827. The van der Waals surface area contributed by atoms with Gasteiger partial charge in [0.2, 0.25) is 0 Å². The van der Waals surface area contributed by atoms with Crippen molar-refractivity contribution >= 4 is 0 Å². The van der Waals surface area contributed by atoms with Crippen LogP contribution in [-0.4, -0.2) is 63.5 Å². The summed E-state index contributed by atoms with van der Waals surface area (Å²) in [4.78, 5) is 5.04. The van der Waals surface area contributed by atoms with E-state index in [1.165, 1.54) is 32.4 Å². The predicted molar refractivity (Wildman–Crippen MR) is 78.8 cm³/mol. The van der Waals surface area contributed by atoms with Crippen molar-refractivity contribution in [2.24, 2.45) is 0 Å². The molecule has 1 aromatic rings. The number of nitrogens with zero attached hydrogens (tertiary/aromatic N) is 5. The predicted octanol–water partition coefficient (Wildman–Crippen LogP) is 0.868. The van der Waals surface area contributed by atoms with Crippen LogP contribution in [0.3, 0.4) is 0 Å². The first-order valence-corrected chi connectivity index (χ1v) is 8.35. The fourth-order valence-electron chi connectivity index (χ4n) is 3.79. The summed E-state index contributed by atoms with van der Waals surface area (Å²) in [7, 11) is 0. The number of fused-ring (bicyclic) bond motifs is 1. The van der Waals surface area contributed by atoms with Gasteiger partial charge in [-0.05, 0) is 32.4 Å². The maximum absolute atomic E-state index is 5.51. The molecule has 1 atom stereocenters. The van der Waals surface area contributed by atoms with Gasteiger partial charge in [-0.15, -0.1) is 10.2 Å². The van der Waals surface area contributed by atoms with Crippen LogP contribution < -0.4 is 0 Å². The van der Waals surface area contributed by atoms with E-state index in [0.717, 1.165) is 57.5 Å². The van der Waals surface area contributed by atoms with Gasteiger partial charge in [0.1, 0.15) is 11.6 Å². The average Bonchev–Trinajstić information content (AvgIpc) is 3.18. The molecule has 4 heterocycles. The largest absolute Gasteiger partial charge is 0.380 e. The van der Waals surface area contributed by atoms with Crippen LogP contribution in [0.1, 0.15) is 37.3 Å². The van der Waals surface area contributed by atoms with E-state index in [-0.39, 0.29) is 0 Å². The summed E-state index contributed by atoms with van der Waals surface area (Å²) in [6.07, 6.45) is 5.20. The van der Waals surface area contributed by atoms with Crippen LogP contribution in [0.4, 0.5) is 0 Å². The van der Waals surface area contributed by atoms with Gasteiger partial charge in [0.25, 0.3) is 0 Å². The molecule has 0 aromatic carbocycles. The number of hydrogen-bond acceptors (Lipinski definition) is 5. The number of piperidine rings is 1. The molecule has 0 N–H and O–H groups in total. The Bertz CT molecular complexity index is 476. The van der Waals surface area contributed by atoms with Gasteiger partial charge < -0.3 is 9.30 Å². The summed E-state index contributed by atoms with van der Waals surface area (Å²) in [5.74, 6) is 2.30. The second kappa shape index (κ2) is 6.02. The first-order chi connectivity index (χ1) is 10.4. The van der Waals surface area contributed by atoms with Gasteiger partial charge in [0.05, 0.1) is 19.7 Å². The molecule has 6 nitrogen and oxygen atoms in total. The van der Waals surface area contributed by atoms with E-state index in [9.17, 15) is 0 Å². The minimum Gasteiger partial charge on any atom is -0.380 e. The zero-order valence-corrected chi connectivity index (χ0v) is 12.7. The first-order valence-electron chi connectivity index (χ1n) is 8.35. The molecule has 0 radical (unpaired) electrons. The third kappa shape index (κ3) is 2.84. The molecule has 2 fully saturated rings. The van der Waals surface area contributed by atoms with Crippen molar-refractivity contribution in [2.45, 2.75) is 51.4 Å². The second-order valence-electron chi connectivity index (χ2n) is 6.51. The standard InChI is InChI=1S/C15H25N5O/c1-2-5-18(6-3-1)10-14-16-17-15-11-19(7-8-20(14)15)13-4-9-21-12-13/h13H,1-12H2. The fraction of sp³-hybridized carbons (Fsp3) is 0.867. The molecule has 0 amide bonds. The van der Waals surface area contributed by atoms with Crippen molar-refractivity contribution in [3.8, 4) is 0 Å². The Hall–Kier alpha value is -0.980. The summed E-state index contributed by atoms with van der Waals surface area (Å²) in [6.45, 7) is 8.26. The number of rotatable bonds is 3. The van der Waals surface area contributed by atoms with E-state index in [1.807, 2.05) is 0 Å². The van der Waals surface area contributed by atoms with Gasteiger partial charge in [-0.2, -0.15) is 0 Å². The number of likely N-dealkylation sites (tertiary alicyclic amines) is 1. The minimum absolute atomic E-state index is 0.584. The summed E-state index contributed by atoms with van der Waals surface area (Å²) in [5.41, 5.74) is 0. The summed E-state index contributed by atoms with van der Waals surface area (Å²) in [6, 6.07) is 0.584. The second-order valence-corrected chi connectivity index (χ2v) is 6.51. The Labute approximate surface area is 126 Å². The maximum Gasteiger partial charge on any atom is 0.147 e. The molecular weight excluding hydrogens is 266 g/mol. The third-order valence-electron chi connectivity index (χ3n) is 5.10. The molecule has 6 heteroatoms. The highest BCUT2D eigenvalue weighted by molar-refractivity contribution is 5.00. The van der Waals surface area contributed by atoms with Gasteiger partial charge in [-0.3, -0.25) is 9.80 Å². The highest BCUT2D eigenvalue weighted by Crippen LogP contribution is 2.20. The van der Waals surface area contributed by atoms with Crippen LogP contribution in [0.5, 0.6) is 0 Å². The molecular formula is C15H25N5O. The minimum atomic E-state index is 0.584. The number of ether oxygens (including phenoxy) is 1. The monoisotopic (exact) mass is 291 g/mol. The Morgan fingerprint density at radius 3 is 2.76 bits per heavy atom. The summed E-state index contributed by atoms with van der Waals surface area (Å²) in [5, 5.41) is 8.91. The van der Waals surface area contributed by atoms with Crippen molar-refractivity contribution < 1.29 is 4.74 Å². The van der Waals surface area contributed by atoms with E-state index < -0.39 is 0 Å².